The fourth-order valence-corrected chi connectivity index (χ4v) is 5.20. The third kappa shape index (κ3) is 5.58. The number of benzene rings is 1. The quantitative estimate of drug-likeness (QED) is 0.571. The average molecular weight is 418 g/mol. The van der Waals surface area contributed by atoms with Crippen LogP contribution in [0.3, 0.4) is 0 Å². The van der Waals surface area contributed by atoms with Gasteiger partial charge in [-0.25, -0.2) is 21.1 Å². The Bertz CT molecular complexity index is 874. The van der Waals surface area contributed by atoms with Gasteiger partial charge in [0.25, 0.3) is 0 Å². The van der Waals surface area contributed by atoms with Crippen molar-refractivity contribution in [1.82, 2.24) is 13.5 Å². The number of hydrogen-bond acceptors (Lipinski definition) is 6. The van der Waals surface area contributed by atoms with Crippen molar-refractivity contribution >= 4 is 25.8 Å². The molecule has 27 heavy (non-hydrogen) atoms. The largest absolute Gasteiger partial charge is 0.301 e. The summed E-state index contributed by atoms with van der Waals surface area (Å²) in [5.74, 6) is -0.0966. The number of sulfonamides is 2. The summed E-state index contributed by atoms with van der Waals surface area (Å²) in [5, 5.41) is 0. The highest BCUT2D eigenvalue weighted by atomic mass is 32.2. The predicted molar refractivity (Wildman–Crippen MR) is 104 cm³/mol. The van der Waals surface area contributed by atoms with Crippen molar-refractivity contribution in [2.75, 3.05) is 52.6 Å². The van der Waals surface area contributed by atoms with Gasteiger partial charge in [0.15, 0.2) is 5.78 Å². The summed E-state index contributed by atoms with van der Waals surface area (Å²) in [7, 11) is -3.82. The van der Waals surface area contributed by atoms with Crippen molar-refractivity contribution in [2.24, 2.45) is 0 Å². The molecule has 2 rings (SSSR count). The Balaban J connectivity index is 1.93. The molecule has 10 heteroatoms. The molecule has 1 aromatic rings. The summed E-state index contributed by atoms with van der Waals surface area (Å²) in [6.45, 7) is 3.79. The topological polar surface area (TPSA) is 95.1 Å². The van der Waals surface area contributed by atoms with Crippen LogP contribution in [0.25, 0.3) is 0 Å². The number of piperazine rings is 1. The summed E-state index contributed by atoms with van der Waals surface area (Å²) in [5.41, 5.74) is 0.372. The van der Waals surface area contributed by atoms with E-state index in [9.17, 15) is 21.6 Å². The molecule has 0 saturated carbocycles. The van der Waals surface area contributed by atoms with E-state index >= 15 is 0 Å². The standard InChI is InChI=1S/C17H27N3O5S2/c1-15(21)16-6-4-7-17(14-16)27(24,25)20-11-9-19(10-12-20)8-5-13-26(22,23)18(2)3/h4,6-7,14H,5,8-13H2,1-3H3. The Morgan fingerprint density at radius 1 is 1.07 bits per heavy atom. The van der Waals surface area contributed by atoms with Crippen molar-refractivity contribution < 1.29 is 21.6 Å². The van der Waals surface area contributed by atoms with Gasteiger partial charge in [-0.1, -0.05) is 12.1 Å². The fourth-order valence-electron chi connectivity index (χ4n) is 2.87. The lowest BCUT2D eigenvalue weighted by atomic mass is 10.2. The van der Waals surface area contributed by atoms with Gasteiger partial charge in [0.2, 0.25) is 20.0 Å². The zero-order valence-corrected chi connectivity index (χ0v) is 17.6. The van der Waals surface area contributed by atoms with Gasteiger partial charge in [-0.05, 0) is 32.0 Å². The smallest absolute Gasteiger partial charge is 0.243 e. The van der Waals surface area contributed by atoms with Gasteiger partial charge in [-0.3, -0.25) is 4.79 Å². The van der Waals surface area contributed by atoms with E-state index in [2.05, 4.69) is 4.90 Å². The van der Waals surface area contributed by atoms with Gasteiger partial charge in [0, 0.05) is 45.8 Å². The third-order valence-electron chi connectivity index (χ3n) is 4.64. The summed E-state index contributed by atoms with van der Waals surface area (Å²) in [6, 6.07) is 6.09. The number of carbonyl (C=O) groups is 1. The first-order valence-corrected chi connectivity index (χ1v) is 11.8. The van der Waals surface area contributed by atoms with Crippen molar-refractivity contribution in [3.63, 3.8) is 0 Å². The molecular formula is C17H27N3O5S2. The Morgan fingerprint density at radius 3 is 2.26 bits per heavy atom. The van der Waals surface area contributed by atoms with Crippen LogP contribution in [0.1, 0.15) is 23.7 Å². The highest BCUT2D eigenvalue weighted by Crippen LogP contribution is 2.19. The number of nitrogens with zero attached hydrogens (tertiary/aromatic N) is 3. The van der Waals surface area contributed by atoms with E-state index in [4.69, 9.17) is 0 Å². The molecular weight excluding hydrogens is 390 g/mol. The molecule has 152 valence electrons. The SMILES string of the molecule is CC(=O)c1cccc(S(=O)(=O)N2CCN(CCCS(=O)(=O)N(C)C)CC2)c1. The van der Waals surface area contributed by atoms with E-state index < -0.39 is 20.0 Å². The number of Topliss-reactive ketones (excluding diaryl/α,β-unsaturated/α-hetero) is 1. The molecule has 0 N–H and O–H groups in total. The van der Waals surface area contributed by atoms with Gasteiger partial charge < -0.3 is 4.90 Å². The Labute approximate surface area is 161 Å². The van der Waals surface area contributed by atoms with Crippen molar-refractivity contribution in [3.05, 3.63) is 29.8 Å². The van der Waals surface area contributed by atoms with Crippen molar-refractivity contribution in [3.8, 4) is 0 Å². The van der Waals surface area contributed by atoms with Crippen LogP contribution in [0.5, 0.6) is 0 Å². The van der Waals surface area contributed by atoms with E-state index in [0.29, 0.717) is 44.7 Å². The normalized spacial score (nSPS) is 17.3. The lowest BCUT2D eigenvalue weighted by molar-refractivity contribution is 0.101. The third-order valence-corrected chi connectivity index (χ3v) is 8.45. The second-order valence-electron chi connectivity index (χ2n) is 6.78. The molecule has 0 radical (unpaired) electrons. The van der Waals surface area contributed by atoms with Crippen LogP contribution >= 0.6 is 0 Å². The van der Waals surface area contributed by atoms with Gasteiger partial charge in [0.05, 0.1) is 10.6 Å². The maximum absolute atomic E-state index is 12.8. The lowest BCUT2D eigenvalue weighted by Crippen LogP contribution is -2.49. The maximum atomic E-state index is 12.8. The molecule has 1 heterocycles. The predicted octanol–water partition coefficient (Wildman–Crippen LogP) is 0.477. The van der Waals surface area contributed by atoms with Crippen LogP contribution in [-0.2, 0) is 20.0 Å². The van der Waals surface area contributed by atoms with E-state index in [1.165, 1.54) is 41.8 Å². The molecule has 0 unspecified atom stereocenters. The minimum absolute atomic E-state index is 0.0797. The second-order valence-corrected chi connectivity index (χ2v) is 11.0. The van der Waals surface area contributed by atoms with Crippen molar-refractivity contribution in [1.29, 1.82) is 0 Å². The summed E-state index contributed by atoms with van der Waals surface area (Å²) in [4.78, 5) is 13.7. The van der Waals surface area contributed by atoms with E-state index in [1.807, 2.05) is 0 Å². The van der Waals surface area contributed by atoms with Crippen molar-refractivity contribution in [2.45, 2.75) is 18.2 Å². The molecule has 0 amide bonds. The van der Waals surface area contributed by atoms with E-state index in [1.54, 1.807) is 12.1 Å². The number of ketones is 1. The molecule has 0 bridgehead atoms. The molecule has 0 atom stereocenters. The Morgan fingerprint density at radius 2 is 1.70 bits per heavy atom. The van der Waals surface area contributed by atoms with Gasteiger partial charge >= 0.3 is 0 Å². The first-order chi connectivity index (χ1) is 12.5. The first kappa shape index (κ1) is 22.0. The molecule has 1 fully saturated rings. The summed E-state index contributed by atoms with van der Waals surface area (Å²) >= 11 is 0. The molecule has 8 nitrogen and oxygen atoms in total. The van der Waals surface area contributed by atoms with E-state index in [-0.39, 0.29) is 16.4 Å². The van der Waals surface area contributed by atoms with Crippen LogP contribution in [0.4, 0.5) is 0 Å². The Hall–Kier alpha value is -1.33. The average Bonchev–Trinajstić information content (AvgIpc) is 2.62. The Kier molecular flexibility index (Phi) is 7.14. The zero-order chi connectivity index (χ0) is 20.2. The van der Waals surface area contributed by atoms with E-state index in [0.717, 1.165) is 0 Å². The molecule has 0 spiro atoms. The van der Waals surface area contributed by atoms with Crippen LogP contribution in [-0.4, -0.2) is 88.7 Å². The van der Waals surface area contributed by atoms with Gasteiger partial charge in [-0.2, -0.15) is 4.31 Å². The molecule has 0 aliphatic carbocycles. The van der Waals surface area contributed by atoms with Crippen LogP contribution < -0.4 is 0 Å². The van der Waals surface area contributed by atoms with Crippen LogP contribution in [0.15, 0.2) is 29.2 Å². The molecule has 0 aromatic heterocycles. The molecule has 1 aliphatic rings. The number of rotatable bonds is 8. The fraction of sp³-hybridized carbons (Fsp3) is 0.588. The van der Waals surface area contributed by atoms with Gasteiger partial charge in [0.1, 0.15) is 0 Å². The molecule has 1 aromatic carbocycles. The highest BCUT2D eigenvalue weighted by molar-refractivity contribution is 7.89. The minimum Gasteiger partial charge on any atom is -0.301 e. The number of hydrogen-bond donors (Lipinski definition) is 0. The first-order valence-electron chi connectivity index (χ1n) is 8.78. The maximum Gasteiger partial charge on any atom is 0.243 e. The second kappa shape index (κ2) is 8.78. The zero-order valence-electron chi connectivity index (χ0n) is 16.0. The summed E-state index contributed by atoms with van der Waals surface area (Å²) in [6.07, 6.45) is 0.508. The molecule has 1 saturated heterocycles. The van der Waals surface area contributed by atoms with Gasteiger partial charge in [-0.15, -0.1) is 0 Å². The number of carbonyl (C=O) groups excluding carboxylic acids is 1. The summed E-state index contributed by atoms with van der Waals surface area (Å²) < 4.78 is 51.8. The highest BCUT2D eigenvalue weighted by Gasteiger charge is 2.28. The monoisotopic (exact) mass is 417 g/mol. The van der Waals surface area contributed by atoms with Crippen LogP contribution in [0.2, 0.25) is 0 Å². The molecule has 1 aliphatic heterocycles. The lowest BCUT2D eigenvalue weighted by Gasteiger charge is -2.34. The minimum atomic E-state index is -3.64. The van der Waals surface area contributed by atoms with Crippen LogP contribution in [0, 0.1) is 0 Å².